The van der Waals surface area contributed by atoms with E-state index in [1.54, 1.807) is 6.07 Å². The van der Waals surface area contributed by atoms with E-state index in [-0.39, 0.29) is 22.8 Å². The number of nitrogens with one attached hydrogen (secondary N) is 1. The minimum Gasteiger partial charge on any atom is -0.478 e. The number of halogens is 1. The number of carboxylic acid groups (broad SMARTS) is 1. The summed E-state index contributed by atoms with van der Waals surface area (Å²) in [6, 6.07) is 4.54. The Morgan fingerprint density at radius 1 is 1.35 bits per heavy atom. The van der Waals surface area contributed by atoms with E-state index in [1.807, 2.05) is 6.92 Å². The van der Waals surface area contributed by atoms with Crippen LogP contribution in [0.2, 0.25) is 0 Å². The van der Waals surface area contributed by atoms with E-state index in [1.165, 1.54) is 12.1 Å². The number of benzene rings is 1. The molecule has 20 heavy (non-hydrogen) atoms. The van der Waals surface area contributed by atoms with Crippen LogP contribution >= 0.6 is 15.9 Å². The summed E-state index contributed by atoms with van der Waals surface area (Å²) in [5.41, 5.74) is 0.834. The largest absolute Gasteiger partial charge is 0.478 e. The lowest BCUT2D eigenvalue weighted by atomic mass is 9.80. The van der Waals surface area contributed by atoms with Crippen molar-refractivity contribution in [3.63, 3.8) is 0 Å². The smallest absolute Gasteiger partial charge is 0.335 e. The summed E-state index contributed by atoms with van der Waals surface area (Å²) in [5.74, 6) is -0.819. The van der Waals surface area contributed by atoms with E-state index < -0.39 is 5.97 Å². The van der Waals surface area contributed by atoms with Crippen LogP contribution in [-0.2, 0) is 4.79 Å². The zero-order valence-electron chi connectivity index (χ0n) is 12.2. The molecule has 0 saturated heterocycles. The highest BCUT2D eigenvalue weighted by Crippen LogP contribution is 2.29. The Balaban J connectivity index is 2.74. The van der Waals surface area contributed by atoms with Gasteiger partial charge in [0.25, 0.3) is 0 Å². The Labute approximate surface area is 127 Å². The number of rotatable bonds is 4. The van der Waals surface area contributed by atoms with Crippen LogP contribution in [-0.4, -0.2) is 17.0 Å². The van der Waals surface area contributed by atoms with Gasteiger partial charge < -0.3 is 10.4 Å². The van der Waals surface area contributed by atoms with E-state index in [4.69, 9.17) is 5.11 Å². The lowest BCUT2D eigenvalue weighted by molar-refractivity contribution is -0.117. The molecule has 1 aromatic rings. The normalized spacial score (nSPS) is 12.8. The Morgan fingerprint density at radius 3 is 2.40 bits per heavy atom. The van der Waals surface area contributed by atoms with Crippen LogP contribution in [0.5, 0.6) is 0 Å². The molecule has 0 aliphatic carbocycles. The standard InChI is InChI=1S/C15H20BrNO3/c1-9(15(2,3)4)7-13(18)17-12-6-5-10(14(19)20)8-11(12)16/h5-6,8-9H,7H2,1-4H3,(H,17,18)(H,19,20). The van der Waals surface area contributed by atoms with Gasteiger partial charge in [-0.25, -0.2) is 4.79 Å². The second-order valence-electron chi connectivity index (χ2n) is 6.02. The van der Waals surface area contributed by atoms with E-state index in [0.717, 1.165) is 0 Å². The summed E-state index contributed by atoms with van der Waals surface area (Å²) in [5, 5.41) is 11.7. The second-order valence-corrected chi connectivity index (χ2v) is 6.87. The first-order valence-electron chi connectivity index (χ1n) is 6.44. The average Bonchev–Trinajstić information content (AvgIpc) is 2.30. The predicted molar refractivity (Wildman–Crippen MR) is 83.0 cm³/mol. The molecule has 1 rings (SSSR count). The summed E-state index contributed by atoms with van der Waals surface area (Å²) in [4.78, 5) is 22.8. The topological polar surface area (TPSA) is 66.4 Å². The Kier molecular flexibility index (Phi) is 5.34. The predicted octanol–water partition coefficient (Wildman–Crippen LogP) is 4.16. The number of hydrogen-bond donors (Lipinski definition) is 2. The van der Waals surface area contributed by atoms with E-state index in [9.17, 15) is 9.59 Å². The third kappa shape index (κ3) is 4.63. The van der Waals surface area contributed by atoms with Crippen LogP contribution in [0.15, 0.2) is 22.7 Å². The molecule has 4 nitrogen and oxygen atoms in total. The molecule has 5 heteroatoms. The van der Waals surface area contributed by atoms with Gasteiger partial charge in [-0.05, 0) is 45.5 Å². The van der Waals surface area contributed by atoms with Crippen LogP contribution in [0.4, 0.5) is 5.69 Å². The number of anilines is 1. The number of aromatic carboxylic acids is 1. The lowest BCUT2D eigenvalue weighted by Gasteiger charge is -2.26. The van der Waals surface area contributed by atoms with Gasteiger partial charge in [0.2, 0.25) is 5.91 Å². The number of hydrogen-bond acceptors (Lipinski definition) is 2. The minimum atomic E-state index is -0.995. The van der Waals surface area contributed by atoms with Gasteiger partial charge in [-0.3, -0.25) is 4.79 Å². The highest BCUT2D eigenvalue weighted by atomic mass is 79.9. The molecule has 0 aliphatic heterocycles. The van der Waals surface area contributed by atoms with Gasteiger partial charge in [0.1, 0.15) is 0 Å². The van der Waals surface area contributed by atoms with Crippen molar-refractivity contribution in [3.8, 4) is 0 Å². The van der Waals surface area contributed by atoms with Crippen molar-refractivity contribution in [3.05, 3.63) is 28.2 Å². The molecule has 0 heterocycles. The molecule has 1 aromatic carbocycles. The molecule has 1 amide bonds. The maximum absolute atomic E-state index is 12.0. The Morgan fingerprint density at radius 2 is 1.95 bits per heavy atom. The summed E-state index contributed by atoms with van der Waals surface area (Å²) < 4.78 is 0.564. The number of amides is 1. The van der Waals surface area contributed by atoms with Gasteiger partial charge in [-0.2, -0.15) is 0 Å². The van der Waals surface area contributed by atoms with Crippen LogP contribution < -0.4 is 5.32 Å². The molecule has 1 atom stereocenters. The van der Waals surface area contributed by atoms with E-state index >= 15 is 0 Å². The van der Waals surface area contributed by atoms with Crippen molar-refractivity contribution in [2.45, 2.75) is 34.1 Å². The molecule has 0 radical (unpaired) electrons. The van der Waals surface area contributed by atoms with Gasteiger partial charge in [-0.15, -0.1) is 0 Å². The molecular formula is C15H20BrNO3. The fourth-order valence-corrected chi connectivity index (χ4v) is 2.01. The van der Waals surface area contributed by atoms with Crippen molar-refractivity contribution in [1.82, 2.24) is 0 Å². The second kappa shape index (κ2) is 6.39. The fourth-order valence-electron chi connectivity index (χ4n) is 1.54. The minimum absolute atomic E-state index is 0.0712. The van der Waals surface area contributed by atoms with Crippen molar-refractivity contribution < 1.29 is 14.7 Å². The van der Waals surface area contributed by atoms with E-state index in [0.29, 0.717) is 16.6 Å². The van der Waals surface area contributed by atoms with Gasteiger partial charge in [0, 0.05) is 10.9 Å². The molecule has 0 aromatic heterocycles. The molecular weight excluding hydrogens is 322 g/mol. The first kappa shape index (κ1) is 16.7. The third-order valence-corrected chi connectivity index (χ3v) is 4.12. The molecule has 0 fully saturated rings. The van der Waals surface area contributed by atoms with Gasteiger partial charge in [0.05, 0.1) is 11.3 Å². The van der Waals surface area contributed by atoms with Crippen molar-refractivity contribution in [2.75, 3.05) is 5.32 Å². The SMILES string of the molecule is CC(CC(=O)Nc1ccc(C(=O)O)cc1Br)C(C)(C)C. The van der Waals surface area contributed by atoms with Crippen molar-refractivity contribution in [1.29, 1.82) is 0 Å². The molecule has 0 bridgehead atoms. The molecule has 0 spiro atoms. The number of carboxylic acids is 1. The summed E-state index contributed by atoms with van der Waals surface area (Å²) >= 11 is 3.27. The van der Waals surface area contributed by atoms with Crippen LogP contribution in [0.3, 0.4) is 0 Å². The fraction of sp³-hybridized carbons (Fsp3) is 0.467. The van der Waals surface area contributed by atoms with Crippen molar-refractivity contribution >= 4 is 33.5 Å². The van der Waals surface area contributed by atoms with Gasteiger partial charge in [-0.1, -0.05) is 27.7 Å². The summed E-state index contributed by atoms with van der Waals surface area (Å²) in [7, 11) is 0. The highest BCUT2D eigenvalue weighted by Gasteiger charge is 2.22. The van der Waals surface area contributed by atoms with E-state index in [2.05, 4.69) is 42.0 Å². The number of carbonyl (C=O) groups is 2. The summed E-state index contributed by atoms with van der Waals surface area (Å²) in [6.45, 7) is 8.34. The highest BCUT2D eigenvalue weighted by molar-refractivity contribution is 9.10. The maximum atomic E-state index is 12.0. The molecule has 2 N–H and O–H groups in total. The zero-order chi connectivity index (χ0) is 15.5. The Hall–Kier alpha value is -1.36. The quantitative estimate of drug-likeness (QED) is 0.863. The molecule has 110 valence electrons. The Bertz CT molecular complexity index is 520. The van der Waals surface area contributed by atoms with Crippen LogP contribution in [0, 0.1) is 11.3 Å². The van der Waals surface area contributed by atoms with Crippen molar-refractivity contribution in [2.24, 2.45) is 11.3 Å². The number of carbonyl (C=O) groups excluding carboxylic acids is 1. The zero-order valence-corrected chi connectivity index (χ0v) is 13.7. The maximum Gasteiger partial charge on any atom is 0.335 e. The molecule has 1 unspecified atom stereocenters. The first-order chi connectivity index (χ1) is 9.11. The lowest BCUT2D eigenvalue weighted by Crippen LogP contribution is -2.24. The first-order valence-corrected chi connectivity index (χ1v) is 7.23. The average molecular weight is 342 g/mol. The van der Waals surface area contributed by atoms with Crippen LogP contribution in [0.1, 0.15) is 44.5 Å². The van der Waals surface area contributed by atoms with Gasteiger partial charge in [0.15, 0.2) is 0 Å². The third-order valence-electron chi connectivity index (χ3n) is 3.46. The monoisotopic (exact) mass is 341 g/mol. The van der Waals surface area contributed by atoms with Gasteiger partial charge >= 0.3 is 5.97 Å². The van der Waals surface area contributed by atoms with Crippen LogP contribution in [0.25, 0.3) is 0 Å². The molecule has 0 saturated carbocycles. The summed E-state index contributed by atoms with van der Waals surface area (Å²) in [6.07, 6.45) is 0.427. The molecule has 0 aliphatic rings.